The normalized spacial score (nSPS) is 14.7. The molecule has 3 rings (SSSR count). The van der Waals surface area contributed by atoms with Crippen LogP contribution in [0.25, 0.3) is 11.1 Å². The van der Waals surface area contributed by atoms with Crippen LogP contribution in [-0.2, 0) is 12.8 Å². The van der Waals surface area contributed by atoms with Gasteiger partial charge in [0.25, 0.3) is 0 Å². The van der Waals surface area contributed by atoms with Crippen LogP contribution in [0.2, 0.25) is 0 Å². The minimum Gasteiger partial charge on any atom is -0.496 e. The van der Waals surface area contributed by atoms with Gasteiger partial charge in [-0.25, -0.2) is 0 Å². The monoisotopic (exact) mass is 226 g/mol. The van der Waals surface area contributed by atoms with E-state index in [1.165, 1.54) is 47.9 Å². The Morgan fingerprint density at radius 3 is 2.76 bits per heavy atom. The van der Waals surface area contributed by atoms with Gasteiger partial charge in [0.2, 0.25) is 0 Å². The quantitative estimate of drug-likeness (QED) is 0.714. The summed E-state index contributed by atoms with van der Waals surface area (Å²) in [4.78, 5) is 0. The molecule has 0 aromatic rings. The Kier molecular flexibility index (Phi) is 2.54. The lowest BCUT2D eigenvalue weighted by Gasteiger charge is -2.13. The summed E-state index contributed by atoms with van der Waals surface area (Å²) in [5, 5.41) is 0. The molecule has 3 aliphatic carbocycles. The fourth-order valence-corrected chi connectivity index (χ4v) is 3.00. The third-order valence-corrected chi connectivity index (χ3v) is 3.89. The van der Waals surface area contributed by atoms with Crippen LogP contribution in [0.1, 0.15) is 29.5 Å². The van der Waals surface area contributed by atoms with E-state index in [1.54, 1.807) is 12.7 Å². The highest BCUT2D eigenvalue weighted by atomic mass is 16.5. The van der Waals surface area contributed by atoms with Crippen LogP contribution in [0.4, 0.5) is 0 Å². The summed E-state index contributed by atoms with van der Waals surface area (Å²) in [5.41, 5.74) is 7.14. The maximum atomic E-state index is 5.57. The van der Waals surface area contributed by atoms with Crippen LogP contribution >= 0.6 is 0 Å². The molecule has 0 unspecified atom stereocenters. The molecular weight excluding hydrogens is 208 g/mol. The van der Waals surface area contributed by atoms with Crippen LogP contribution in [0.15, 0.2) is 24.3 Å². The van der Waals surface area contributed by atoms with E-state index in [0.29, 0.717) is 0 Å². The van der Waals surface area contributed by atoms with E-state index in [9.17, 15) is 0 Å². The van der Waals surface area contributed by atoms with Gasteiger partial charge in [-0.2, -0.15) is 0 Å². The van der Waals surface area contributed by atoms with Gasteiger partial charge in [0.1, 0.15) is 5.75 Å². The van der Waals surface area contributed by atoms with Crippen molar-refractivity contribution in [2.75, 3.05) is 7.11 Å². The minimum atomic E-state index is 1.02. The van der Waals surface area contributed by atoms with Gasteiger partial charge < -0.3 is 4.74 Å². The van der Waals surface area contributed by atoms with Gasteiger partial charge in [-0.3, -0.25) is 0 Å². The molecular formula is C16H18O. The number of ether oxygens (including phenoxy) is 1. The number of methoxy groups -OCH3 is 1. The molecule has 0 aromatic heterocycles. The van der Waals surface area contributed by atoms with Gasteiger partial charge in [0.05, 0.1) is 7.11 Å². The molecule has 0 saturated heterocycles. The van der Waals surface area contributed by atoms with Crippen LogP contribution in [-0.4, -0.2) is 7.11 Å². The predicted molar refractivity (Wildman–Crippen MR) is 71.0 cm³/mol. The van der Waals surface area contributed by atoms with Gasteiger partial charge in [-0.1, -0.05) is 18.2 Å². The van der Waals surface area contributed by atoms with Crippen molar-refractivity contribution in [1.29, 1.82) is 0 Å². The number of aryl methyl sites for hydroxylation is 2. The van der Waals surface area contributed by atoms with Crippen LogP contribution < -0.4 is 4.74 Å². The Hall–Kier alpha value is -1.50. The molecule has 0 saturated carbocycles. The van der Waals surface area contributed by atoms with Crippen LogP contribution in [0, 0.1) is 6.92 Å². The molecule has 0 heterocycles. The van der Waals surface area contributed by atoms with Gasteiger partial charge in [0, 0.05) is 5.56 Å². The first-order valence-electron chi connectivity index (χ1n) is 6.39. The zero-order valence-corrected chi connectivity index (χ0v) is 10.5. The van der Waals surface area contributed by atoms with E-state index in [1.807, 2.05) is 0 Å². The van der Waals surface area contributed by atoms with Gasteiger partial charge in [-0.05, 0) is 60.9 Å². The SMILES string of the molecule is COc1cccc(C)c2cc3c(c1-2)CCCC3. The summed E-state index contributed by atoms with van der Waals surface area (Å²) < 4.78 is 5.57. The van der Waals surface area contributed by atoms with Gasteiger partial charge in [0.15, 0.2) is 0 Å². The molecule has 0 aromatic carbocycles. The number of hydrogen-bond acceptors (Lipinski definition) is 1. The second-order valence-electron chi connectivity index (χ2n) is 4.92. The standard InChI is InChI=1S/C16H18O/c1-11-6-5-9-15(17-2)16-13-8-4-3-7-12(13)10-14(11)16/h5-6,9-10H,3-4,7-8H2,1-2H3. The lowest BCUT2D eigenvalue weighted by Crippen LogP contribution is -1.99. The van der Waals surface area contributed by atoms with Crippen molar-refractivity contribution in [2.24, 2.45) is 0 Å². The third kappa shape index (κ3) is 1.61. The predicted octanol–water partition coefficient (Wildman–Crippen LogP) is 3.99. The van der Waals surface area contributed by atoms with Crippen molar-refractivity contribution < 1.29 is 4.74 Å². The summed E-state index contributed by atoms with van der Waals surface area (Å²) in [7, 11) is 1.77. The van der Waals surface area contributed by atoms with E-state index in [-0.39, 0.29) is 0 Å². The second-order valence-corrected chi connectivity index (χ2v) is 4.92. The third-order valence-electron chi connectivity index (χ3n) is 3.89. The molecule has 1 heteroatoms. The fraction of sp³-hybridized carbons (Fsp3) is 0.375. The molecule has 88 valence electrons. The molecule has 0 fully saturated rings. The van der Waals surface area contributed by atoms with Crippen molar-refractivity contribution in [2.45, 2.75) is 32.6 Å². The largest absolute Gasteiger partial charge is 0.496 e. The number of hydrogen-bond donors (Lipinski definition) is 0. The van der Waals surface area contributed by atoms with E-state index >= 15 is 0 Å². The van der Waals surface area contributed by atoms with Gasteiger partial charge in [-0.15, -0.1) is 0 Å². The summed E-state index contributed by atoms with van der Waals surface area (Å²) >= 11 is 0. The van der Waals surface area contributed by atoms with E-state index < -0.39 is 0 Å². The fourth-order valence-electron chi connectivity index (χ4n) is 3.00. The molecule has 17 heavy (non-hydrogen) atoms. The average Bonchev–Trinajstić information content (AvgIpc) is 2.66. The highest BCUT2D eigenvalue weighted by molar-refractivity contribution is 5.81. The molecule has 3 aliphatic rings. The van der Waals surface area contributed by atoms with Crippen LogP contribution in [0.3, 0.4) is 0 Å². The Morgan fingerprint density at radius 1 is 1.12 bits per heavy atom. The highest BCUT2D eigenvalue weighted by Crippen LogP contribution is 2.42. The van der Waals surface area contributed by atoms with E-state index in [2.05, 4.69) is 31.2 Å². The van der Waals surface area contributed by atoms with Crippen molar-refractivity contribution in [3.63, 3.8) is 0 Å². The molecule has 0 spiro atoms. The molecule has 0 bridgehead atoms. The van der Waals surface area contributed by atoms with E-state index in [4.69, 9.17) is 4.74 Å². The Balaban J connectivity index is 2.34. The molecule has 0 aliphatic heterocycles. The summed E-state index contributed by atoms with van der Waals surface area (Å²) in [6.07, 6.45) is 5.08. The summed E-state index contributed by atoms with van der Waals surface area (Å²) in [6, 6.07) is 8.73. The smallest absolute Gasteiger partial charge is 0.126 e. The first-order chi connectivity index (χ1) is 8.31. The first-order valence-corrected chi connectivity index (χ1v) is 6.39. The molecule has 0 radical (unpaired) electrons. The topological polar surface area (TPSA) is 9.23 Å². The average molecular weight is 226 g/mol. The Labute approximate surface area is 103 Å². The highest BCUT2D eigenvalue weighted by Gasteiger charge is 2.22. The first kappa shape index (κ1) is 10.6. The Bertz CT molecular complexity index is 528. The van der Waals surface area contributed by atoms with Crippen molar-refractivity contribution in [3.05, 3.63) is 41.0 Å². The summed E-state index contributed by atoms with van der Waals surface area (Å²) in [5.74, 6) is 1.02. The maximum absolute atomic E-state index is 5.57. The van der Waals surface area contributed by atoms with Gasteiger partial charge >= 0.3 is 0 Å². The summed E-state index contributed by atoms with van der Waals surface area (Å²) in [6.45, 7) is 2.19. The lowest BCUT2D eigenvalue weighted by atomic mass is 9.93. The van der Waals surface area contributed by atoms with Crippen molar-refractivity contribution >= 4 is 0 Å². The second kappa shape index (κ2) is 4.06. The minimum absolute atomic E-state index is 1.02. The number of rotatable bonds is 1. The molecule has 0 amide bonds. The van der Waals surface area contributed by atoms with Crippen molar-refractivity contribution in [3.8, 4) is 16.9 Å². The Morgan fingerprint density at radius 2 is 1.94 bits per heavy atom. The molecule has 1 nitrogen and oxygen atoms in total. The molecule has 0 atom stereocenters. The number of fused-ring (bicyclic) bond motifs is 3. The maximum Gasteiger partial charge on any atom is 0.126 e. The zero-order valence-electron chi connectivity index (χ0n) is 10.5. The van der Waals surface area contributed by atoms with E-state index in [0.717, 1.165) is 5.75 Å². The van der Waals surface area contributed by atoms with Crippen LogP contribution in [0.5, 0.6) is 5.75 Å². The lowest BCUT2D eigenvalue weighted by molar-refractivity contribution is 0.416. The van der Waals surface area contributed by atoms with Crippen molar-refractivity contribution in [1.82, 2.24) is 0 Å². The molecule has 0 N–H and O–H groups in total. The zero-order chi connectivity index (χ0) is 11.8.